The molecule has 2 amide bonds. The molecule has 0 radical (unpaired) electrons. The number of amides is 2. The summed E-state index contributed by atoms with van der Waals surface area (Å²) in [6.07, 6.45) is 2.13. The maximum atomic E-state index is 12.1. The van der Waals surface area contributed by atoms with E-state index in [0.29, 0.717) is 23.5 Å². The van der Waals surface area contributed by atoms with Crippen LogP contribution >= 0.6 is 15.9 Å². The fourth-order valence-corrected chi connectivity index (χ4v) is 2.96. The Morgan fingerprint density at radius 3 is 2.52 bits per heavy atom. The molecule has 1 fully saturated rings. The van der Waals surface area contributed by atoms with E-state index in [1.807, 2.05) is 12.1 Å². The summed E-state index contributed by atoms with van der Waals surface area (Å²) in [5, 5.41) is 5.61. The lowest BCUT2D eigenvalue weighted by Gasteiger charge is -2.11. The molecule has 2 N–H and O–H groups in total. The molecule has 0 aromatic heterocycles. The van der Waals surface area contributed by atoms with Crippen LogP contribution in [0.1, 0.15) is 23.2 Å². The first-order chi connectivity index (χ1) is 13.1. The molecule has 1 saturated heterocycles. The van der Waals surface area contributed by atoms with Gasteiger partial charge >= 0.3 is 0 Å². The molecule has 6 nitrogen and oxygen atoms in total. The van der Waals surface area contributed by atoms with Crippen molar-refractivity contribution in [3.8, 4) is 5.75 Å². The number of carbonyl (C=O) groups is 2. The van der Waals surface area contributed by atoms with Crippen molar-refractivity contribution in [1.82, 2.24) is 5.32 Å². The SMILES string of the molecule is O=C(COc1ccc(Br)cc1)Nc1ccc(C(=O)NCC2CCCO2)cc1. The van der Waals surface area contributed by atoms with E-state index in [1.54, 1.807) is 36.4 Å². The number of rotatable bonds is 7. The van der Waals surface area contributed by atoms with Crippen LogP contribution in [0.4, 0.5) is 5.69 Å². The zero-order valence-electron chi connectivity index (χ0n) is 14.7. The summed E-state index contributed by atoms with van der Waals surface area (Å²) in [5.41, 5.74) is 1.15. The van der Waals surface area contributed by atoms with Gasteiger partial charge in [-0.2, -0.15) is 0 Å². The fourth-order valence-electron chi connectivity index (χ4n) is 2.70. The van der Waals surface area contributed by atoms with Crippen molar-refractivity contribution >= 4 is 33.4 Å². The minimum atomic E-state index is -0.270. The second-order valence-corrected chi connectivity index (χ2v) is 7.13. The van der Waals surface area contributed by atoms with Crippen LogP contribution in [-0.4, -0.2) is 37.7 Å². The van der Waals surface area contributed by atoms with E-state index in [1.165, 1.54) is 0 Å². The van der Waals surface area contributed by atoms with E-state index in [9.17, 15) is 9.59 Å². The van der Waals surface area contributed by atoms with Crippen LogP contribution in [0.3, 0.4) is 0 Å². The van der Waals surface area contributed by atoms with Gasteiger partial charge in [-0.05, 0) is 61.4 Å². The number of anilines is 1. The summed E-state index contributed by atoms with van der Waals surface area (Å²) in [6.45, 7) is 1.19. The van der Waals surface area contributed by atoms with Crippen molar-refractivity contribution in [2.24, 2.45) is 0 Å². The topological polar surface area (TPSA) is 76.7 Å². The highest BCUT2D eigenvalue weighted by Crippen LogP contribution is 2.16. The van der Waals surface area contributed by atoms with E-state index >= 15 is 0 Å². The molecule has 0 saturated carbocycles. The predicted molar refractivity (Wildman–Crippen MR) is 106 cm³/mol. The minimum Gasteiger partial charge on any atom is -0.484 e. The molecule has 2 aromatic carbocycles. The Balaban J connectivity index is 1.44. The Hall–Kier alpha value is -2.38. The zero-order chi connectivity index (χ0) is 19.1. The third kappa shape index (κ3) is 6.08. The van der Waals surface area contributed by atoms with Gasteiger partial charge in [0.2, 0.25) is 0 Å². The molecule has 1 aliphatic heterocycles. The standard InChI is InChI=1S/C20H21BrN2O4/c21-15-5-9-17(10-6-15)27-13-19(24)23-16-7-3-14(4-8-16)20(25)22-12-18-2-1-11-26-18/h3-10,18H,1-2,11-13H2,(H,22,25)(H,23,24). The first kappa shape index (κ1) is 19.4. The molecule has 142 valence electrons. The number of ether oxygens (including phenoxy) is 2. The minimum absolute atomic E-state index is 0.0920. The highest BCUT2D eigenvalue weighted by Gasteiger charge is 2.16. The first-order valence-corrected chi connectivity index (χ1v) is 9.57. The van der Waals surface area contributed by atoms with Gasteiger partial charge in [0.15, 0.2) is 6.61 Å². The van der Waals surface area contributed by atoms with Crippen LogP contribution in [-0.2, 0) is 9.53 Å². The lowest BCUT2D eigenvalue weighted by atomic mass is 10.2. The molecular formula is C20H21BrN2O4. The molecular weight excluding hydrogens is 412 g/mol. The third-order valence-corrected chi connectivity index (χ3v) is 4.66. The van der Waals surface area contributed by atoms with Crippen molar-refractivity contribution in [3.05, 3.63) is 58.6 Å². The van der Waals surface area contributed by atoms with Gasteiger partial charge < -0.3 is 20.1 Å². The summed E-state index contributed by atoms with van der Waals surface area (Å²) in [4.78, 5) is 24.1. The molecule has 27 heavy (non-hydrogen) atoms. The van der Waals surface area contributed by atoms with Crippen LogP contribution in [0, 0.1) is 0 Å². The lowest BCUT2D eigenvalue weighted by Crippen LogP contribution is -2.31. The van der Waals surface area contributed by atoms with E-state index in [2.05, 4.69) is 26.6 Å². The largest absolute Gasteiger partial charge is 0.484 e. The second-order valence-electron chi connectivity index (χ2n) is 6.21. The monoisotopic (exact) mass is 432 g/mol. The Morgan fingerprint density at radius 1 is 1.11 bits per heavy atom. The smallest absolute Gasteiger partial charge is 0.262 e. The van der Waals surface area contributed by atoms with Crippen molar-refractivity contribution in [3.63, 3.8) is 0 Å². The average Bonchev–Trinajstić information content (AvgIpc) is 3.20. The van der Waals surface area contributed by atoms with Gasteiger partial charge in [-0.1, -0.05) is 15.9 Å². The maximum absolute atomic E-state index is 12.1. The summed E-state index contributed by atoms with van der Waals surface area (Å²) in [7, 11) is 0. The predicted octanol–water partition coefficient (Wildman–Crippen LogP) is 3.38. The Kier molecular flexibility index (Phi) is 6.84. The summed E-state index contributed by atoms with van der Waals surface area (Å²) in [6, 6.07) is 14.0. The first-order valence-electron chi connectivity index (χ1n) is 8.78. The molecule has 7 heteroatoms. The molecule has 0 bridgehead atoms. The zero-order valence-corrected chi connectivity index (χ0v) is 16.3. The highest BCUT2D eigenvalue weighted by molar-refractivity contribution is 9.10. The van der Waals surface area contributed by atoms with Crippen LogP contribution in [0.5, 0.6) is 5.75 Å². The van der Waals surface area contributed by atoms with Crippen molar-refractivity contribution in [2.45, 2.75) is 18.9 Å². The quantitative estimate of drug-likeness (QED) is 0.702. The number of carbonyl (C=O) groups excluding carboxylic acids is 2. The van der Waals surface area contributed by atoms with Crippen molar-refractivity contribution in [1.29, 1.82) is 0 Å². The highest BCUT2D eigenvalue weighted by atomic mass is 79.9. The Morgan fingerprint density at radius 2 is 1.85 bits per heavy atom. The van der Waals surface area contributed by atoms with Gasteiger partial charge in [-0.25, -0.2) is 0 Å². The number of halogens is 1. The Labute approximate surface area is 166 Å². The molecule has 0 spiro atoms. The molecule has 3 rings (SSSR count). The molecule has 1 aliphatic rings. The van der Waals surface area contributed by atoms with Crippen molar-refractivity contribution in [2.75, 3.05) is 25.1 Å². The molecule has 1 unspecified atom stereocenters. The van der Waals surface area contributed by atoms with Gasteiger partial charge in [-0.15, -0.1) is 0 Å². The van der Waals surface area contributed by atoms with Gasteiger partial charge in [0.05, 0.1) is 6.10 Å². The fraction of sp³-hybridized carbons (Fsp3) is 0.300. The Bertz CT molecular complexity index is 772. The number of benzene rings is 2. The summed E-state index contributed by atoms with van der Waals surface area (Å²) >= 11 is 3.34. The number of hydrogen-bond acceptors (Lipinski definition) is 4. The molecule has 0 aliphatic carbocycles. The average molecular weight is 433 g/mol. The summed E-state index contributed by atoms with van der Waals surface area (Å²) in [5.74, 6) is 0.196. The van der Waals surface area contributed by atoms with Gasteiger partial charge in [0.1, 0.15) is 5.75 Å². The van der Waals surface area contributed by atoms with Crippen LogP contribution in [0.2, 0.25) is 0 Å². The van der Waals surface area contributed by atoms with E-state index in [0.717, 1.165) is 23.9 Å². The lowest BCUT2D eigenvalue weighted by molar-refractivity contribution is -0.118. The van der Waals surface area contributed by atoms with E-state index in [-0.39, 0.29) is 24.5 Å². The van der Waals surface area contributed by atoms with Crippen LogP contribution < -0.4 is 15.4 Å². The van der Waals surface area contributed by atoms with Gasteiger partial charge in [-0.3, -0.25) is 9.59 Å². The summed E-state index contributed by atoms with van der Waals surface area (Å²) < 4.78 is 11.9. The normalized spacial score (nSPS) is 16.0. The molecule has 2 aromatic rings. The van der Waals surface area contributed by atoms with Crippen LogP contribution in [0.15, 0.2) is 53.0 Å². The van der Waals surface area contributed by atoms with E-state index in [4.69, 9.17) is 9.47 Å². The van der Waals surface area contributed by atoms with Gasteiger partial charge in [0.25, 0.3) is 11.8 Å². The molecule has 1 heterocycles. The maximum Gasteiger partial charge on any atom is 0.262 e. The van der Waals surface area contributed by atoms with E-state index < -0.39 is 0 Å². The van der Waals surface area contributed by atoms with Crippen molar-refractivity contribution < 1.29 is 19.1 Å². The third-order valence-electron chi connectivity index (χ3n) is 4.13. The second kappa shape index (κ2) is 9.53. The number of hydrogen-bond donors (Lipinski definition) is 2. The molecule has 1 atom stereocenters. The number of nitrogens with one attached hydrogen (secondary N) is 2. The van der Waals surface area contributed by atoms with Crippen LogP contribution in [0.25, 0.3) is 0 Å². The van der Waals surface area contributed by atoms with Gasteiger partial charge in [0, 0.05) is 28.9 Å².